The van der Waals surface area contributed by atoms with Gasteiger partial charge in [-0.1, -0.05) is 38.1 Å². The van der Waals surface area contributed by atoms with Crippen molar-refractivity contribution in [2.45, 2.75) is 13.8 Å². The molecule has 0 amide bonds. The minimum absolute atomic E-state index is 0.505. The van der Waals surface area contributed by atoms with Crippen LogP contribution in [0.4, 0.5) is 0 Å². The van der Waals surface area contributed by atoms with E-state index in [0.717, 1.165) is 0 Å². The quantitative estimate of drug-likeness (QED) is 0.625. The molecule has 0 saturated heterocycles. The summed E-state index contributed by atoms with van der Waals surface area (Å²) in [6.45, 7) is 4.38. The Morgan fingerprint density at radius 3 is 2.79 bits per heavy atom. The Balaban J connectivity index is 2.88. The molecule has 0 aliphatic carbocycles. The van der Waals surface area contributed by atoms with Crippen LogP contribution in [0, 0.1) is 5.92 Å². The van der Waals surface area contributed by atoms with Crippen LogP contribution in [0.25, 0.3) is 11.8 Å². The highest BCUT2D eigenvalue weighted by molar-refractivity contribution is 5.75. The van der Waals surface area contributed by atoms with Crippen molar-refractivity contribution >= 4 is 17.6 Å². The molecule has 2 rings (SSSR count). The van der Waals surface area contributed by atoms with Crippen molar-refractivity contribution in [2.75, 3.05) is 0 Å². The Kier molecular flexibility index (Phi) is 2.34. The molecule has 1 aromatic rings. The average molecular weight is 183 g/mol. The highest BCUT2D eigenvalue weighted by atomic mass is 14.6. The maximum absolute atomic E-state index is 4.09. The van der Waals surface area contributed by atoms with E-state index < -0.39 is 0 Å². The molecule has 0 atom stereocenters. The molecule has 0 spiro atoms. The van der Waals surface area contributed by atoms with Crippen molar-refractivity contribution in [3.05, 3.63) is 40.8 Å². The Morgan fingerprint density at radius 1 is 1.21 bits per heavy atom. The molecule has 0 radical (unpaired) electrons. The van der Waals surface area contributed by atoms with Gasteiger partial charge in [0.2, 0.25) is 0 Å². The zero-order valence-corrected chi connectivity index (χ0v) is 8.49. The van der Waals surface area contributed by atoms with Crippen LogP contribution in [0.15, 0.2) is 35.3 Å². The molecule has 1 aliphatic rings. The molecule has 1 heterocycles. The maximum atomic E-state index is 4.09. The van der Waals surface area contributed by atoms with Crippen molar-refractivity contribution in [3.8, 4) is 0 Å². The zero-order chi connectivity index (χ0) is 9.97. The van der Waals surface area contributed by atoms with Crippen LogP contribution < -0.4 is 10.4 Å². The Labute approximate surface area is 83.8 Å². The lowest BCUT2D eigenvalue weighted by molar-refractivity contribution is 0.856. The number of hydrogen-bond donors (Lipinski definition) is 0. The Bertz CT molecular complexity index is 514. The predicted octanol–water partition coefficient (Wildman–Crippen LogP) is 1.47. The number of hydrogen-bond acceptors (Lipinski definition) is 1. The molecular formula is C13H13N. The maximum Gasteiger partial charge on any atom is 0.0446 e. The van der Waals surface area contributed by atoms with Crippen LogP contribution in [0.1, 0.15) is 13.8 Å². The van der Waals surface area contributed by atoms with Crippen molar-refractivity contribution in [1.29, 1.82) is 0 Å². The first-order valence-electron chi connectivity index (χ1n) is 4.87. The van der Waals surface area contributed by atoms with Gasteiger partial charge in [-0.25, -0.2) is 4.99 Å². The molecule has 0 saturated carbocycles. The van der Waals surface area contributed by atoms with Gasteiger partial charge in [0.25, 0.3) is 0 Å². The molecule has 70 valence electrons. The van der Waals surface area contributed by atoms with Gasteiger partial charge < -0.3 is 0 Å². The van der Waals surface area contributed by atoms with Gasteiger partial charge in [-0.3, -0.25) is 0 Å². The SMILES string of the molecule is CC(C)C1=c2ccccc2=CN=C=C1. The first kappa shape index (κ1) is 8.98. The highest BCUT2D eigenvalue weighted by Gasteiger charge is 2.02. The van der Waals surface area contributed by atoms with E-state index in [2.05, 4.69) is 42.9 Å². The Hall–Kier alpha value is -1.59. The molecule has 1 nitrogen and oxygen atoms in total. The largest absolute Gasteiger partial charge is 0.214 e. The van der Waals surface area contributed by atoms with Gasteiger partial charge in [0.1, 0.15) is 0 Å². The summed E-state index contributed by atoms with van der Waals surface area (Å²) >= 11 is 0. The number of allylic oxidation sites excluding steroid dienone is 1. The minimum atomic E-state index is 0.505. The van der Waals surface area contributed by atoms with Crippen molar-refractivity contribution < 1.29 is 0 Å². The topological polar surface area (TPSA) is 12.4 Å². The van der Waals surface area contributed by atoms with Gasteiger partial charge in [-0.05, 0) is 22.6 Å². The first-order valence-corrected chi connectivity index (χ1v) is 4.87. The minimum Gasteiger partial charge on any atom is -0.214 e. The average Bonchev–Trinajstić information content (AvgIpc) is 2.39. The molecule has 0 fully saturated rings. The molecule has 1 aliphatic heterocycles. The van der Waals surface area contributed by atoms with Crippen LogP contribution in [0.3, 0.4) is 0 Å². The summed E-state index contributed by atoms with van der Waals surface area (Å²) in [4.78, 5) is 4.09. The lowest BCUT2D eigenvalue weighted by Crippen LogP contribution is -2.26. The molecule has 0 aromatic heterocycles. The number of fused-ring (bicyclic) bond motifs is 1. The van der Waals surface area contributed by atoms with E-state index in [1.54, 1.807) is 0 Å². The van der Waals surface area contributed by atoms with Gasteiger partial charge in [0.15, 0.2) is 0 Å². The van der Waals surface area contributed by atoms with E-state index in [4.69, 9.17) is 0 Å². The fourth-order valence-corrected chi connectivity index (χ4v) is 1.64. The van der Waals surface area contributed by atoms with Crippen LogP contribution in [-0.2, 0) is 0 Å². The second-order valence-corrected chi connectivity index (χ2v) is 3.73. The van der Waals surface area contributed by atoms with E-state index in [1.165, 1.54) is 16.0 Å². The second kappa shape index (κ2) is 3.65. The van der Waals surface area contributed by atoms with Crippen molar-refractivity contribution in [1.82, 2.24) is 0 Å². The molecule has 0 unspecified atom stereocenters. The smallest absolute Gasteiger partial charge is 0.0446 e. The molecule has 0 bridgehead atoms. The third-order valence-electron chi connectivity index (χ3n) is 2.39. The third kappa shape index (κ3) is 1.55. The fraction of sp³-hybridized carbons (Fsp3) is 0.231. The van der Waals surface area contributed by atoms with Crippen LogP contribution >= 0.6 is 0 Å². The summed E-state index contributed by atoms with van der Waals surface area (Å²) in [6, 6.07) is 8.32. The summed E-state index contributed by atoms with van der Waals surface area (Å²) in [6.07, 6.45) is 3.84. The summed E-state index contributed by atoms with van der Waals surface area (Å²) in [5.41, 5.74) is 1.30. The fourth-order valence-electron chi connectivity index (χ4n) is 1.64. The van der Waals surface area contributed by atoms with Gasteiger partial charge in [0, 0.05) is 17.5 Å². The molecule has 1 aromatic carbocycles. The van der Waals surface area contributed by atoms with E-state index in [1.807, 2.05) is 18.3 Å². The Morgan fingerprint density at radius 2 is 2.00 bits per heavy atom. The van der Waals surface area contributed by atoms with E-state index >= 15 is 0 Å². The molecular weight excluding hydrogens is 170 g/mol. The van der Waals surface area contributed by atoms with E-state index in [9.17, 15) is 0 Å². The van der Waals surface area contributed by atoms with Gasteiger partial charge in [-0.2, -0.15) is 0 Å². The summed E-state index contributed by atoms with van der Waals surface area (Å²) < 4.78 is 0. The van der Waals surface area contributed by atoms with Crippen LogP contribution in [0.5, 0.6) is 0 Å². The monoisotopic (exact) mass is 183 g/mol. The van der Waals surface area contributed by atoms with Crippen molar-refractivity contribution in [2.24, 2.45) is 10.9 Å². The summed E-state index contributed by atoms with van der Waals surface area (Å²) in [5, 5.41) is 2.45. The van der Waals surface area contributed by atoms with Gasteiger partial charge in [0.05, 0.1) is 0 Å². The van der Waals surface area contributed by atoms with Crippen LogP contribution in [0.2, 0.25) is 0 Å². The predicted molar refractivity (Wildman–Crippen MR) is 60.4 cm³/mol. The third-order valence-corrected chi connectivity index (χ3v) is 2.39. The number of nitrogens with zero attached hydrogens (tertiary/aromatic N) is 1. The zero-order valence-electron chi connectivity index (χ0n) is 8.49. The van der Waals surface area contributed by atoms with E-state index in [-0.39, 0.29) is 0 Å². The van der Waals surface area contributed by atoms with Gasteiger partial charge in [-0.15, -0.1) is 0 Å². The molecule has 0 N–H and O–H groups in total. The van der Waals surface area contributed by atoms with Gasteiger partial charge >= 0.3 is 0 Å². The number of aliphatic imine (C=N–C) groups is 1. The molecule has 1 heteroatoms. The summed E-state index contributed by atoms with van der Waals surface area (Å²) in [7, 11) is 0. The van der Waals surface area contributed by atoms with Crippen LogP contribution in [-0.4, -0.2) is 5.87 Å². The second-order valence-electron chi connectivity index (χ2n) is 3.73. The standard InChI is InChI=1S/C13H13N/c1-10(2)12-7-8-14-9-11-5-3-4-6-13(11)12/h3-7,9-10H,1-2H3. The lowest BCUT2D eigenvalue weighted by atomic mass is 10.00. The van der Waals surface area contributed by atoms with Crippen molar-refractivity contribution in [3.63, 3.8) is 0 Å². The highest BCUT2D eigenvalue weighted by Crippen LogP contribution is 2.08. The summed E-state index contributed by atoms with van der Waals surface area (Å²) in [5.74, 6) is 3.44. The van der Waals surface area contributed by atoms with E-state index in [0.29, 0.717) is 5.92 Å². The number of rotatable bonds is 1. The lowest BCUT2D eigenvalue weighted by Gasteiger charge is -2.04. The molecule has 14 heavy (non-hydrogen) atoms. The first-order chi connectivity index (χ1) is 6.79. The normalized spacial score (nSPS) is 13.8. The number of benzene rings is 1.